The van der Waals surface area contributed by atoms with Crippen molar-refractivity contribution in [2.24, 2.45) is 11.8 Å². The van der Waals surface area contributed by atoms with E-state index >= 15 is 0 Å². The molecule has 1 N–H and O–H groups in total. The van der Waals surface area contributed by atoms with Crippen molar-refractivity contribution >= 4 is 15.9 Å². The van der Waals surface area contributed by atoms with Crippen molar-refractivity contribution in [3.05, 3.63) is 11.5 Å². The Bertz CT molecular complexity index is 476. The van der Waals surface area contributed by atoms with Crippen molar-refractivity contribution in [3.8, 4) is 0 Å². The van der Waals surface area contributed by atoms with Gasteiger partial charge in [0.15, 0.2) is 9.84 Å². The molecule has 0 spiro atoms. The third kappa shape index (κ3) is 6.41. The van der Waals surface area contributed by atoms with Crippen molar-refractivity contribution in [1.29, 1.82) is 0 Å². The standard InChI is InChI=1S/C14H25NO4S/c1-10-8-12(15-13(16)19-14(2,3)4)9-11(10)6-7-20(5,17)18/h6-7,10-12H,8-9H2,1-5H3,(H,15,16)/b7-6+/t10-,11-,12-/m0/s1. The highest BCUT2D eigenvalue weighted by molar-refractivity contribution is 7.93. The summed E-state index contributed by atoms with van der Waals surface area (Å²) < 4.78 is 27.5. The van der Waals surface area contributed by atoms with Gasteiger partial charge in [-0.05, 0) is 45.4 Å². The molecule has 3 atom stereocenters. The van der Waals surface area contributed by atoms with E-state index in [1.54, 1.807) is 6.08 Å². The molecule has 1 rings (SSSR count). The molecule has 0 aromatic carbocycles. The third-order valence-corrected chi connectivity index (χ3v) is 3.89. The Balaban J connectivity index is 2.53. The van der Waals surface area contributed by atoms with E-state index in [9.17, 15) is 13.2 Å². The molecule has 0 radical (unpaired) electrons. The van der Waals surface area contributed by atoms with Gasteiger partial charge in [0.2, 0.25) is 0 Å². The van der Waals surface area contributed by atoms with Gasteiger partial charge in [-0.25, -0.2) is 13.2 Å². The summed E-state index contributed by atoms with van der Waals surface area (Å²) in [4.78, 5) is 11.7. The summed E-state index contributed by atoms with van der Waals surface area (Å²) >= 11 is 0. The summed E-state index contributed by atoms with van der Waals surface area (Å²) in [5.41, 5.74) is -0.510. The SMILES string of the molecule is C[C@H]1C[C@H](NC(=O)OC(C)(C)C)C[C@@H]1/C=C/S(C)(=O)=O. The summed E-state index contributed by atoms with van der Waals surface area (Å²) in [7, 11) is -3.09. The molecule has 0 aliphatic heterocycles. The van der Waals surface area contributed by atoms with Gasteiger partial charge in [0.1, 0.15) is 5.60 Å². The van der Waals surface area contributed by atoms with E-state index in [-0.39, 0.29) is 12.0 Å². The van der Waals surface area contributed by atoms with Gasteiger partial charge >= 0.3 is 6.09 Å². The number of carbonyl (C=O) groups is 1. The van der Waals surface area contributed by atoms with E-state index in [0.29, 0.717) is 5.92 Å². The lowest BCUT2D eigenvalue weighted by atomic mass is 9.99. The van der Waals surface area contributed by atoms with E-state index in [0.717, 1.165) is 12.8 Å². The van der Waals surface area contributed by atoms with Crippen LogP contribution in [0.4, 0.5) is 4.79 Å². The van der Waals surface area contributed by atoms with Gasteiger partial charge in [0.25, 0.3) is 0 Å². The average molecular weight is 303 g/mol. The van der Waals surface area contributed by atoms with E-state index in [1.807, 2.05) is 20.8 Å². The van der Waals surface area contributed by atoms with Crippen molar-refractivity contribution in [3.63, 3.8) is 0 Å². The first-order valence-corrected chi connectivity index (χ1v) is 8.79. The molecule has 1 fully saturated rings. The second kappa shape index (κ2) is 6.16. The number of carbonyl (C=O) groups excluding carboxylic acids is 1. The summed E-state index contributed by atoms with van der Waals surface area (Å²) in [5, 5.41) is 4.10. The van der Waals surface area contributed by atoms with Crippen LogP contribution in [0.1, 0.15) is 40.5 Å². The lowest BCUT2D eigenvalue weighted by molar-refractivity contribution is 0.0504. The van der Waals surface area contributed by atoms with Gasteiger partial charge in [-0.1, -0.05) is 13.0 Å². The number of ether oxygens (including phenoxy) is 1. The zero-order valence-corrected chi connectivity index (χ0v) is 13.7. The first-order chi connectivity index (χ1) is 8.96. The molecule has 0 saturated heterocycles. The minimum absolute atomic E-state index is 0.0362. The van der Waals surface area contributed by atoms with Gasteiger partial charge in [0.05, 0.1) is 0 Å². The molecule has 0 aromatic heterocycles. The maximum atomic E-state index is 11.7. The van der Waals surface area contributed by atoms with Crippen molar-refractivity contribution < 1.29 is 17.9 Å². The van der Waals surface area contributed by atoms with Gasteiger partial charge in [-0.15, -0.1) is 0 Å². The van der Waals surface area contributed by atoms with Gasteiger partial charge in [0, 0.05) is 17.7 Å². The molecule has 116 valence electrons. The van der Waals surface area contributed by atoms with E-state index < -0.39 is 21.5 Å². The van der Waals surface area contributed by atoms with Crippen LogP contribution in [-0.4, -0.2) is 32.4 Å². The molecule has 0 aromatic rings. The Labute approximate surface area is 121 Å². The first-order valence-electron chi connectivity index (χ1n) is 6.84. The van der Waals surface area contributed by atoms with Crippen LogP contribution in [0.15, 0.2) is 11.5 Å². The van der Waals surface area contributed by atoms with Crippen molar-refractivity contribution in [1.82, 2.24) is 5.32 Å². The second-order valence-corrected chi connectivity index (χ2v) is 8.54. The van der Waals surface area contributed by atoms with Crippen LogP contribution in [-0.2, 0) is 14.6 Å². The molecule has 1 saturated carbocycles. The number of alkyl carbamates (subject to hydrolysis) is 1. The molecular formula is C14H25NO4S. The van der Waals surface area contributed by atoms with E-state index in [2.05, 4.69) is 12.2 Å². The molecule has 0 heterocycles. The molecule has 5 nitrogen and oxygen atoms in total. The van der Waals surface area contributed by atoms with E-state index in [4.69, 9.17) is 4.74 Å². The number of nitrogens with one attached hydrogen (secondary N) is 1. The summed E-state index contributed by atoms with van der Waals surface area (Å²) in [6.07, 6.45) is 4.07. The number of hydrogen-bond acceptors (Lipinski definition) is 4. The molecule has 1 aliphatic rings. The Kier molecular flexibility index (Phi) is 5.24. The smallest absolute Gasteiger partial charge is 0.407 e. The number of amides is 1. The molecule has 1 aliphatic carbocycles. The quantitative estimate of drug-likeness (QED) is 0.869. The number of allylic oxidation sites excluding steroid dienone is 1. The van der Waals surface area contributed by atoms with Crippen LogP contribution in [0, 0.1) is 11.8 Å². The van der Waals surface area contributed by atoms with Crippen LogP contribution in [0.2, 0.25) is 0 Å². The van der Waals surface area contributed by atoms with Gasteiger partial charge in [-0.2, -0.15) is 0 Å². The Morgan fingerprint density at radius 2 is 1.90 bits per heavy atom. The lowest BCUT2D eigenvalue weighted by Crippen LogP contribution is -2.38. The van der Waals surface area contributed by atoms with Gasteiger partial charge < -0.3 is 10.1 Å². The zero-order chi connectivity index (χ0) is 15.6. The molecular weight excluding hydrogens is 278 g/mol. The highest BCUT2D eigenvalue weighted by atomic mass is 32.2. The average Bonchev–Trinajstić information content (AvgIpc) is 2.51. The summed E-state index contributed by atoms with van der Waals surface area (Å²) in [6.45, 7) is 7.53. The largest absolute Gasteiger partial charge is 0.444 e. The van der Waals surface area contributed by atoms with Crippen molar-refractivity contribution in [2.75, 3.05) is 6.26 Å². The van der Waals surface area contributed by atoms with Crippen LogP contribution in [0.25, 0.3) is 0 Å². The predicted molar refractivity (Wildman–Crippen MR) is 79.0 cm³/mol. The highest BCUT2D eigenvalue weighted by Gasteiger charge is 2.31. The second-order valence-electron chi connectivity index (χ2n) is 6.61. The Morgan fingerprint density at radius 1 is 1.30 bits per heavy atom. The molecule has 6 heteroatoms. The van der Waals surface area contributed by atoms with Crippen LogP contribution >= 0.6 is 0 Å². The highest BCUT2D eigenvalue weighted by Crippen LogP contribution is 2.33. The zero-order valence-electron chi connectivity index (χ0n) is 12.8. The van der Waals surface area contributed by atoms with Crippen molar-refractivity contribution in [2.45, 2.75) is 52.2 Å². The monoisotopic (exact) mass is 303 g/mol. The lowest BCUT2D eigenvalue weighted by Gasteiger charge is -2.21. The van der Waals surface area contributed by atoms with Crippen LogP contribution < -0.4 is 5.32 Å². The normalized spacial score (nSPS) is 27.8. The summed E-state index contributed by atoms with van der Waals surface area (Å²) in [6, 6.07) is 0.0362. The fraction of sp³-hybridized carbons (Fsp3) is 0.786. The Morgan fingerprint density at radius 3 is 2.40 bits per heavy atom. The fourth-order valence-corrected chi connectivity index (χ4v) is 2.87. The van der Waals surface area contributed by atoms with Crippen LogP contribution in [0.5, 0.6) is 0 Å². The predicted octanol–water partition coefficient (Wildman–Crippen LogP) is 2.48. The fourth-order valence-electron chi connectivity index (χ4n) is 2.38. The molecule has 0 unspecified atom stereocenters. The van der Waals surface area contributed by atoms with Gasteiger partial charge in [-0.3, -0.25) is 0 Å². The maximum absolute atomic E-state index is 11.7. The van der Waals surface area contributed by atoms with E-state index in [1.165, 1.54) is 11.7 Å². The first kappa shape index (κ1) is 17.0. The van der Waals surface area contributed by atoms with Crippen LogP contribution in [0.3, 0.4) is 0 Å². The number of hydrogen-bond donors (Lipinski definition) is 1. The third-order valence-electron chi connectivity index (χ3n) is 3.24. The molecule has 1 amide bonds. The molecule has 20 heavy (non-hydrogen) atoms. The topological polar surface area (TPSA) is 72.5 Å². The number of sulfone groups is 1. The minimum Gasteiger partial charge on any atom is -0.444 e. The Hall–Kier alpha value is -1.04. The summed E-state index contributed by atoms with van der Waals surface area (Å²) in [5.74, 6) is 0.512. The minimum atomic E-state index is -3.09. The molecule has 0 bridgehead atoms. The maximum Gasteiger partial charge on any atom is 0.407 e. The number of rotatable bonds is 3.